The van der Waals surface area contributed by atoms with E-state index in [0.29, 0.717) is 24.9 Å². The van der Waals surface area contributed by atoms with Crippen LogP contribution in [0.3, 0.4) is 0 Å². The summed E-state index contributed by atoms with van der Waals surface area (Å²) in [4.78, 5) is 4.46. The molecule has 2 rings (SSSR count). The van der Waals surface area contributed by atoms with Gasteiger partial charge in [0.2, 0.25) is 11.7 Å². The Bertz CT molecular complexity index is 383. The van der Waals surface area contributed by atoms with E-state index in [1.165, 1.54) is 12.8 Å². The zero-order chi connectivity index (χ0) is 12.8. The van der Waals surface area contributed by atoms with Gasteiger partial charge in [-0.15, -0.1) is 6.58 Å². The fraction of sp³-hybridized carbons (Fsp3) is 0.692. The van der Waals surface area contributed by atoms with Crippen molar-refractivity contribution in [2.24, 2.45) is 0 Å². The number of nitrogens with one attached hydrogen (secondary N) is 1. The highest BCUT2D eigenvalue weighted by Crippen LogP contribution is 2.40. The molecule has 1 fully saturated rings. The molecule has 1 saturated carbocycles. The first kappa shape index (κ1) is 13.2. The molecule has 0 bridgehead atoms. The van der Waals surface area contributed by atoms with Crippen molar-refractivity contribution < 1.29 is 9.26 Å². The lowest BCUT2D eigenvalue weighted by Gasteiger charge is -2.24. The Hall–Kier alpha value is -1.20. The van der Waals surface area contributed by atoms with Crippen LogP contribution in [0.5, 0.6) is 0 Å². The average molecular weight is 251 g/mol. The van der Waals surface area contributed by atoms with E-state index in [1.807, 2.05) is 6.92 Å². The Labute approximate surface area is 108 Å². The summed E-state index contributed by atoms with van der Waals surface area (Å²) in [6.07, 6.45) is 6.10. The topological polar surface area (TPSA) is 60.2 Å². The number of rotatable bonds is 7. The predicted molar refractivity (Wildman–Crippen MR) is 68.0 cm³/mol. The molecule has 0 aliphatic heterocycles. The molecule has 1 heterocycles. The number of ether oxygens (including phenoxy) is 1. The van der Waals surface area contributed by atoms with E-state index in [9.17, 15) is 0 Å². The third kappa shape index (κ3) is 2.79. The second-order valence-corrected chi connectivity index (χ2v) is 4.57. The van der Waals surface area contributed by atoms with Gasteiger partial charge < -0.3 is 14.6 Å². The van der Waals surface area contributed by atoms with Crippen molar-refractivity contribution in [1.29, 1.82) is 0 Å². The molecular formula is C13H21N3O2. The molecule has 1 N–H and O–H groups in total. The largest absolute Gasteiger partial charge is 0.367 e. The number of aromatic nitrogens is 2. The summed E-state index contributed by atoms with van der Waals surface area (Å²) < 4.78 is 11.2. The van der Waals surface area contributed by atoms with E-state index < -0.39 is 0 Å². The average Bonchev–Trinajstić information content (AvgIpc) is 2.99. The first-order valence-electron chi connectivity index (χ1n) is 6.59. The van der Waals surface area contributed by atoms with Crippen LogP contribution in [0.15, 0.2) is 17.2 Å². The van der Waals surface area contributed by atoms with Gasteiger partial charge >= 0.3 is 0 Å². The van der Waals surface area contributed by atoms with Crippen molar-refractivity contribution in [1.82, 2.24) is 15.5 Å². The molecule has 0 aromatic carbocycles. The van der Waals surface area contributed by atoms with Gasteiger partial charge in [0.15, 0.2) is 0 Å². The zero-order valence-corrected chi connectivity index (χ0v) is 10.9. The lowest BCUT2D eigenvalue weighted by molar-refractivity contribution is -0.0469. The smallest absolute Gasteiger partial charge is 0.240 e. The Morgan fingerprint density at radius 2 is 2.28 bits per heavy atom. The summed E-state index contributed by atoms with van der Waals surface area (Å²) in [6.45, 7) is 7.63. The standard InChI is InChI=1S/C13H21N3O2/c1-3-9-14-10-11-15-12(16-18-11)13(17-4-2)7-5-6-8-13/h3,14H,1,4-10H2,2H3. The third-order valence-electron chi connectivity index (χ3n) is 3.27. The van der Waals surface area contributed by atoms with Crippen molar-refractivity contribution in [3.8, 4) is 0 Å². The van der Waals surface area contributed by atoms with Gasteiger partial charge in [-0.2, -0.15) is 4.98 Å². The second kappa shape index (κ2) is 6.11. The van der Waals surface area contributed by atoms with Crippen LogP contribution < -0.4 is 5.32 Å². The van der Waals surface area contributed by atoms with Crippen molar-refractivity contribution >= 4 is 0 Å². The minimum atomic E-state index is -0.311. The molecule has 5 heteroatoms. The lowest BCUT2D eigenvalue weighted by Crippen LogP contribution is -2.27. The molecule has 0 radical (unpaired) electrons. The van der Waals surface area contributed by atoms with E-state index in [0.717, 1.165) is 19.4 Å². The van der Waals surface area contributed by atoms with Crippen LogP contribution in [0.4, 0.5) is 0 Å². The molecule has 0 spiro atoms. The molecule has 0 atom stereocenters. The first-order chi connectivity index (χ1) is 8.80. The van der Waals surface area contributed by atoms with Crippen LogP contribution in [0.1, 0.15) is 44.3 Å². The van der Waals surface area contributed by atoms with Gasteiger partial charge in [0.1, 0.15) is 5.60 Å². The minimum absolute atomic E-state index is 0.311. The molecule has 0 unspecified atom stereocenters. The van der Waals surface area contributed by atoms with E-state index in [-0.39, 0.29) is 5.60 Å². The van der Waals surface area contributed by atoms with Gasteiger partial charge in [0.05, 0.1) is 6.54 Å². The normalized spacial score (nSPS) is 18.1. The zero-order valence-electron chi connectivity index (χ0n) is 10.9. The third-order valence-corrected chi connectivity index (χ3v) is 3.27. The van der Waals surface area contributed by atoms with Gasteiger partial charge in [-0.05, 0) is 32.6 Å². The molecule has 100 valence electrons. The summed E-state index contributed by atoms with van der Waals surface area (Å²) in [5.74, 6) is 1.31. The highest BCUT2D eigenvalue weighted by molar-refractivity contribution is 5.04. The minimum Gasteiger partial charge on any atom is -0.367 e. The molecule has 1 aliphatic carbocycles. The molecule has 0 amide bonds. The summed E-state index contributed by atoms with van der Waals surface area (Å²) in [7, 11) is 0. The Kier molecular flexibility index (Phi) is 4.49. The highest BCUT2D eigenvalue weighted by atomic mass is 16.5. The summed E-state index contributed by atoms with van der Waals surface area (Å²) >= 11 is 0. The van der Waals surface area contributed by atoms with Gasteiger partial charge in [-0.3, -0.25) is 0 Å². The Balaban J connectivity index is 2.04. The molecule has 5 nitrogen and oxygen atoms in total. The van der Waals surface area contributed by atoms with E-state index in [4.69, 9.17) is 9.26 Å². The van der Waals surface area contributed by atoms with Crippen molar-refractivity contribution in [3.63, 3.8) is 0 Å². The second-order valence-electron chi connectivity index (χ2n) is 4.57. The summed E-state index contributed by atoms with van der Waals surface area (Å²) in [6, 6.07) is 0. The SMILES string of the molecule is C=CCNCc1nc(C2(OCC)CCCC2)no1. The quantitative estimate of drug-likeness (QED) is 0.594. The van der Waals surface area contributed by atoms with Crippen molar-refractivity contribution in [2.75, 3.05) is 13.2 Å². The molecule has 1 aromatic heterocycles. The van der Waals surface area contributed by atoms with Crippen molar-refractivity contribution in [3.05, 3.63) is 24.4 Å². The maximum atomic E-state index is 5.89. The number of hydrogen-bond donors (Lipinski definition) is 1. The van der Waals surface area contributed by atoms with Crippen LogP contribution in [-0.4, -0.2) is 23.3 Å². The molecule has 18 heavy (non-hydrogen) atoms. The lowest BCUT2D eigenvalue weighted by atomic mass is 10.0. The fourth-order valence-electron chi connectivity index (χ4n) is 2.45. The van der Waals surface area contributed by atoms with E-state index in [2.05, 4.69) is 22.0 Å². The van der Waals surface area contributed by atoms with Gasteiger partial charge in [-0.25, -0.2) is 0 Å². The van der Waals surface area contributed by atoms with Gasteiger partial charge in [0, 0.05) is 13.2 Å². The highest BCUT2D eigenvalue weighted by Gasteiger charge is 2.40. The number of hydrogen-bond acceptors (Lipinski definition) is 5. The van der Waals surface area contributed by atoms with E-state index in [1.54, 1.807) is 6.08 Å². The van der Waals surface area contributed by atoms with Crippen LogP contribution in [-0.2, 0) is 16.9 Å². The predicted octanol–water partition coefficient (Wildman–Crippen LogP) is 2.15. The molecule has 0 saturated heterocycles. The van der Waals surface area contributed by atoms with Gasteiger partial charge in [-0.1, -0.05) is 11.2 Å². The van der Waals surface area contributed by atoms with Crippen LogP contribution >= 0.6 is 0 Å². The fourth-order valence-corrected chi connectivity index (χ4v) is 2.45. The maximum absolute atomic E-state index is 5.89. The van der Waals surface area contributed by atoms with Crippen LogP contribution in [0.25, 0.3) is 0 Å². The first-order valence-corrected chi connectivity index (χ1v) is 6.59. The number of nitrogens with zero attached hydrogens (tertiary/aromatic N) is 2. The molecule has 1 aliphatic rings. The van der Waals surface area contributed by atoms with Crippen molar-refractivity contribution in [2.45, 2.75) is 44.8 Å². The Morgan fingerprint density at radius 1 is 1.50 bits per heavy atom. The molecular weight excluding hydrogens is 230 g/mol. The van der Waals surface area contributed by atoms with Crippen LogP contribution in [0.2, 0.25) is 0 Å². The van der Waals surface area contributed by atoms with Gasteiger partial charge in [0.25, 0.3) is 0 Å². The monoisotopic (exact) mass is 251 g/mol. The van der Waals surface area contributed by atoms with Crippen LogP contribution in [0, 0.1) is 0 Å². The molecule has 1 aromatic rings. The van der Waals surface area contributed by atoms with E-state index >= 15 is 0 Å². The maximum Gasteiger partial charge on any atom is 0.240 e. The Morgan fingerprint density at radius 3 is 2.94 bits per heavy atom. The summed E-state index contributed by atoms with van der Waals surface area (Å²) in [5, 5.41) is 7.24. The summed E-state index contributed by atoms with van der Waals surface area (Å²) in [5.41, 5.74) is -0.311.